The zero-order valence-corrected chi connectivity index (χ0v) is 17.9. The Hall–Kier alpha value is -2.59. The fraction of sp³-hybridized carbons (Fsp3) is 0.429. The number of benzene rings is 1. The summed E-state index contributed by atoms with van der Waals surface area (Å²) in [6.45, 7) is 0.827. The second kappa shape index (κ2) is 8.51. The van der Waals surface area contributed by atoms with Gasteiger partial charge in [0.1, 0.15) is 11.6 Å². The second-order valence-electron chi connectivity index (χ2n) is 7.97. The van der Waals surface area contributed by atoms with Crippen LogP contribution in [0.1, 0.15) is 25.7 Å². The number of pyridine rings is 1. The fourth-order valence-corrected chi connectivity index (χ4v) is 5.63. The summed E-state index contributed by atoms with van der Waals surface area (Å²) in [6.07, 6.45) is 4.01. The number of piperidine rings is 1. The van der Waals surface area contributed by atoms with Crippen LogP contribution in [0.2, 0.25) is 0 Å². The average molecular weight is 451 g/mol. The fourth-order valence-electron chi connectivity index (χ4n) is 3.76. The summed E-state index contributed by atoms with van der Waals surface area (Å²) in [6, 6.07) is 5.82. The van der Waals surface area contributed by atoms with Crippen molar-refractivity contribution in [3.8, 4) is 11.3 Å². The Labute approximate surface area is 180 Å². The van der Waals surface area contributed by atoms with E-state index in [4.69, 9.17) is 0 Å². The van der Waals surface area contributed by atoms with Gasteiger partial charge in [0.05, 0.1) is 22.8 Å². The van der Waals surface area contributed by atoms with Crippen LogP contribution in [0.4, 0.5) is 19.3 Å². The number of halogens is 2. The van der Waals surface area contributed by atoms with Gasteiger partial charge in [0.2, 0.25) is 10.0 Å². The third-order valence-electron chi connectivity index (χ3n) is 5.82. The summed E-state index contributed by atoms with van der Waals surface area (Å²) in [5.74, 6) is -1.14. The van der Waals surface area contributed by atoms with E-state index in [0.717, 1.165) is 31.0 Å². The highest BCUT2D eigenvalue weighted by molar-refractivity contribution is 7.90. The van der Waals surface area contributed by atoms with Gasteiger partial charge < -0.3 is 10.2 Å². The first-order valence-electron chi connectivity index (χ1n) is 10.2. The van der Waals surface area contributed by atoms with Gasteiger partial charge in [-0.25, -0.2) is 26.3 Å². The van der Waals surface area contributed by atoms with Crippen LogP contribution in [0.5, 0.6) is 0 Å². The molecule has 2 amide bonds. The predicted molar refractivity (Wildman–Crippen MR) is 113 cm³/mol. The number of aromatic nitrogens is 1. The molecule has 166 valence electrons. The Kier molecular flexibility index (Phi) is 5.94. The molecule has 0 atom stereocenters. The topological polar surface area (TPSA) is 82.6 Å². The minimum atomic E-state index is -3.18. The van der Waals surface area contributed by atoms with Crippen LogP contribution in [0, 0.1) is 11.6 Å². The Bertz CT molecular complexity index is 1070. The Morgan fingerprint density at radius 3 is 2.45 bits per heavy atom. The number of hydrogen-bond acceptors (Lipinski definition) is 4. The average Bonchev–Trinajstić information content (AvgIpc) is 3.62. The van der Waals surface area contributed by atoms with E-state index in [2.05, 4.69) is 10.3 Å². The molecule has 2 aliphatic rings. The number of nitrogens with one attached hydrogen (secondary N) is 1. The van der Waals surface area contributed by atoms with Crippen LogP contribution in [0.3, 0.4) is 0 Å². The van der Waals surface area contributed by atoms with Gasteiger partial charge in [0.25, 0.3) is 0 Å². The number of anilines is 1. The monoisotopic (exact) mass is 450 g/mol. The van der Waals surface area contributed by atoms with Crippen LogP contribution in [0.15, 0.2) is 36.5 Å². The molecule has 1 aliphatic carbocycles. The maximum Gasteiger partial charge on any atom is 0.321 e. The molecular formula is C21H24F2N4O3S. The Morgan fingerprint density at radius 2 is 1.84 bits per heavy atom. The first kappa shape index (κ1) is 21.6. The van der Waals surface area contributed by atoms with Gasteiger partial charge in [-0.1, -0.05) is 0 Å². The molecule has 2 heterocycles. The molecule has 4 rings (SSSR count). The zero-order valence-electron chi connectivity index (χ0n) is 17.1. The number of nitrogens with zero attached hydrogens (tertiary/aromatic N) is 3. The molecule has 10 heteroatoms. The second-order valence-corrected chi connectivity index (χ2v) is 10.2. The normalized spacial score (nSPS) is 18.0. The van der Waals surface area contributed by atoms with Crippen molar-refractivity contribution in [3.05, 3.63) is 48.2 Å². The van der Waals surface area contributed by atoms with Gasteiger partial charge in [-0.15, -0.1) is 0 Å². The molecule has 1 N–H and O–H groups in total. The van der Waals surface area contributed by atoms with E-state index in [1.54, 1.807) is 22.3 Å². The number of sulfonamides is 1. The standard InChI is InChI=1S/C21H24F2N4O3S/c1-26(16-8-10-27(11-9-16)31(29,30)17-4-5-17)21(28)25-15-3-7-20(24-13-15)18-12-14(22)2-6-19(18)23/h2-3,6-7,12-13,16-17H,4-5,8-11H2,1H3,(H,25,28). The van der Waals surface area contributed by atoms with E-state index in [0.29, 0.717) is 31.6 Å². The predicted octanol–water partition coefficient (Wildman–Crippen LogP) is 3.45. The summed E-state index contributed by atoms with van der Waals surface area (Å²) >= 11 is 0. The molecule has 0 radical (unpaired) electrons. The molecule has 1 aromatic carbocycles. The molecule has 2 aromatic rings. The van der Waals surface area contributed by atoms with E-state index in [9.17, 15) is 22.0 Å². The van der Waals surface area contributed by atoms with E-state index in [1.165, 1.54) is 12.3 Å². The van der Waals surface area contributed by atoms with E-state index >= 15 is 0 Å². The van der Waals surface area contributed by atoms with Crippen LogP contribution in [0.25, 0.3) is 11.3 Å². The number of carbonyl (C=O) groups excluding carboxylic acids is 1. The van der Waals surface area contributed by atoms with Crippen molar-refractivity contribution in [1.29, 1.82) is 0 Å². The number of carbonyl (C=O) groups is 1. The summed E-state index contributed by atoms with van der Waals surface area (Å²) in [7, 11) is -1.51. The quantitative estimate of drug-likeness (QED) is 0.757. The highest BCUT2D eigenvalue weighted by atomic mass is 32.2. The lowest BCUT2D eigenvalue weighted by Crippen LogP contribution is -2.48. The van der Waals surface area contributed by atoms with Crippen LogP contribution < -0.4 is 5.32 Å². The summed E-state index contributed by atoms with van der Waals surface area (Å²) in [5.41, 5.74) is 0.724. The molecule has 2 fully saturated rings. The highest BCUT2D eigenvalue weighted by Gasteiger charge is 2.41. The number of hydrogen-bond donors (Lipinski definition) is 1. The van der Waals surface area contributed by atoms with Gasteiger partial charge >= 0.3 is 6.03 Å². The molecule has 1 saturated carbocycles. The molecule has 1 aliphatic heterocycles. The molecule has 0 bridgehead atoms. The molecule has 0 spiro atoms. The van der Waals surface area contributed by atoms with Gasteiger partial charge in [-0.05, 0) is 56.0 Å². The van der Waals surface area contributed by atoms with Gasteiger partial charge in [-0.2, -0.15) is 0 Å². The van der Waals surface area contributed by atoms with Gasteiger partial charge in [0, 0.05) is 31.7 Å². The lowest BCUT2D eigenvalue weighted by molar-refractivity contribution is 0.174. The molecule has 1 saturated heterocycles. The van der Waals surface area contributed by atoms with E-state index < -0.39 is 21.7 Å². The van der Waals surface area contributed by atoms with Crippen LogP contribution in [-0.4, -0.2) is 60.1 Å². The maximum absolute atomic E-state index is 13.9. The van der Waals surface area contributed by atoms with E-state index in [1.807, 2.05) is 0 Å². The SMILES string of the molecule is CN(C(=O)Nc1ccc(-c2cc(F)ccc2F)nc1)C1CCN(S(=O)(=O)C2CC2)CC1. The molecule has 0 unspecified atom stereocenters. The molecule has 7 nitrogen and oxygen atoms in total. The van der Waals surface area contributed by atoms with Crippen molar-refractivity contribution in [2.75, 3.05) is 25.5 Å². The third kappa shape index (κ3) is 4.69. The van der Waals surface area contributed by atoms with Crippen LogP contribution in [-0.2, 0) is 10.0 Å². The maximum atomic E-state index is 13.9. The van der Waals surface area contributed by atoms with E-state index in [-0.39, 0.29) is 28.6 Å². The van der Waals surface area contributed by atoms with Gasteiger partial charge in [0.15, 0.2) is 0 Å². The van der Waals surface area contributed by atoms with Crippen molar-refractivity contribution >= 4 is 21.7 Å². The Balaban J connectivity index is 1.34. The third-order valence-corrected chi connectivity index (χ3v) is 8.21. The highest BCUT2D eigenvalue weighted by Crippen LogP contribution is 2.32. The lowest BCUT2D eigenvalue weighted by atomic mass is 10.1. The minimum absolute atomic E-state index is 0.0444. The van der Waals surface area contributed by atoms with Crippen molar-refractivity contribution < 1.29 is 22.0 Å². The summed E-state index contributed by atoms with van der Waals surface area (Å²) in [5, 5.41) is 2.52. The number of amides is 2. The smallest absolute Gasteiger partial charge is 0.321 e. The summed E-state index contributed by atoms with van der Waals surface area (Å²) < 4.78 is 53.5. The Morgan fingerprint density at radius 1 is 1.13 bits per heavy atom. The zero-order chi connectivity index (χ0) is 22.2. The van der Waals surface area contributed by atoms with Crippen molar-refractivity contribution in [2.45, 2.75) is 37.0 Å². The largest absolute Gasteiger partial charge is 0.325 e. The summed E-state index contributed by atoms with van der Waals surface area (Å²) in [4.78, 5) is 18.3. The van der Waals surface area contributed by atoms with Crippen molar-refractivity contribution in [1.82, 2.24) is 14.2 Å². The first-order chi connectivity index (χ1) is 14.8. The first-order valence-corrected chi connectivity index (χ1v) is 11.7. The van der Waals surface area contributed by atoms with Gasteiger partial charge in [-0.3, -0.25) is 4.98 Å². The number of rotatable bonds is 5. The molecular weight excluding hydrogens is 426 g/mol. The van der Waals surface area contributed by atoms with Crippen molar-refractivity contribution in [3.63, 3.8) is 0 Å². The molecule has 1 aromatic heterocycles. The van der Waals surface area contributed by atoms with Crippen molar-refractivity contribution in [2.24, 2.45) is 0 Å². The van der Waals surface area contributed by atoms with Crippen LogP contribution >= 0.6 is 0 Å². The lowest BCUT2D eigenvalue weighted by Gasteiger charge is -2.36. The minimum Gasteiger partial charge on any atom is -0.325 e. The molecule has 31 heavy (non-hydrogen) atoms. The number of urea groups is 1.